The molecule has 1 aromatic rings. The number of ether oxygens (including phenoxy) is 3. The quantitative estimate of drug-likeness (QED) is 0.501. The summed E-state index contributed by atoms with van der Waals surface area (Å²) in [4.78, 5) is 14.4. The summed E-state index contributed by atoms with van der Waals surface area (Å²) in [5.41, 5.74) is -0.897. The van der Waals surface area contributed by atoms with Gasteiger partial charge in [0.05, 0.1) is 17.9 Å². The first-order valence-electron chi connectivity index (χ1n) is 9.24. The number of esters is 1. The Morgan fingerprint density at radius 3 is 2.36 bits per heavy atom. The fourth-order valence-corrected chi connectivity index (χ4v) is 2.23. The van der Waals surface area contributed by atoms with E-state index in [9.17, 15) is 10.0 Å². The average molecular weight is 397 g/mol. The van der Waals surface area contributed by atoms with Crippen molar-refractivity contribution in [3.05, 3.63) is 29.5 Å². The molecule has 1 atom stereocenters. The molecule has 0 amide bonds. The van der Waals surface area contributed by atoms with Crippen LogP contribution in [0.25, 0.3) is 0 Å². The average Bonchev–Trinajstić information content (AvgIpc) is 2.52. The van der Waals surface area contributed by atoms with Crippen LogP contribution in [0.4, 0.5) is 5.69 Å². The predicted molar refractivity (Wildman–Crippen MR) is 108 cm³/mol. The van der Waals surface area contributed by atoms with Crippen LogP contribution in [-0.4, -0.2) is 60.1 Å². The number of nitrogens with zero attached hydrogens (tertiary/aromatic N) is 2. The molecule has 0 aromatic heterocycles. The van der Waals surface area contributed by atoms with Gasteiger partial charge in [-0.1, -0.05) is 6.07 Å². The molecule has 0 spiro atoms. The molecule has 0 aliphatic rings. The minimum Gasteiger partial charge on any atom is -0.733 e. The van der Waals surface area contributed by atoms with Crippen LogP contribution in [-0.2, 0) is 14.3 Å². The predicted octanol–water partition coefficient (Wildman–Crippen LogP) is 3.22. The Bertz CT molecular complexity index is 622. The summed E-state index contributed by atoms with van der Waals surface area (Å²) < 4.78 is 17.0. The number of rotatable bonds is 9. The summed E-state index contributed by atoms with van der Waals surface area (Å²) in [5, 5.41) is 19.7. The number of benzene rings is 1. The van der Waals surface area contributed by atoms with Gasteiger partial charge in [-0.15, -0.1) is 0 Å². The number of hydrogen-bond acceptors (Lipinski definition) is 8. The molecular weight excluding hydrogens is 364 g/mol. The number of anilines is 1. The molecule has 0 saturated carbocycles. The van der Waals surface area contributed by atoms with Gasteiger partial charge < -0.3 is 24.6 Å². The summed E-state index contributed by atoms with van der Waals surface area (Å²) in [6.45, 7) is 12.2. The van der Waals surface area contributed by atoms with E-state index in [1.165, 1.54) is 12.1 Å². The van der Waals surface area contributed by atoms with Gasteiger partial charge in [-0.05, 0) is 60.7 Å². The molecule has 0 fully saturated rings. The number of hydrogen-bond donors (Lipinski definition) is 1. The first-order valence-corrected chi connectivity index (χ1v) is 9.24. The SMILES string of the molecule is CN(CCOc1cccc(N([O-])O)c1)[C@@H](COC(C)(C)C)C(=O)OC(C)(C)C. The zero-order chi connectivity index (χ0) is 21.5. The third kappa shape index (κ3) is 9.36. The first-order chi connectivity index (χ1) is 12.8. The first kappa shape index (κ1) is 24.2. The van der Waals surface area contributed by atoms with Crippen LogP contribution < -0.4 is 9.96 Å². The lowest BCUT2D eigenvalue weighted by molar-refractivity contribution is -0.165. The van der Waals surface area contributed by atoms with Gasteiger partial charge in [0.25, 0.3) is 0 Å². The van der Waals surface area contributed by atoms with E-state index < -0.39 is 11.6 Å². The molecule has 8 heteroatoms. The number of carbonyl (C=O) groups excluding carboxylic acids is 1. The zero-order valence-corrected chi connectivity index (χ0v) is 17.9. The highest BCUT2D eigenvalue weighted by Crippen LogP contribution is 2.20. The Morgan fingerprint density at radius 1 is 1.18 bits per heavy atom. The minimum absolute atomic E-state index is 0.0797. The summed E-state index contributed by atoms with van der Waals surface area (Å²) in [6.07, 6.45) is 0. The van der Waals surface area contributed by atoms with Crippen LogP contribution >= 0.6 is 0 Å². The topological polar surface area (TPSA) is 94.5 Å². The van der Waals surface area contributed by atoms with Crippen molar-refractivity contribution in [3.8, 4) is 5.75 Å². The Labute approximate surface area is 167 Å². The molecule has 0 saturated heterocycles. The molecule has 0 aliphatic carbocycles. The van der Waals surface area contributed by atoms with Crippen LogP contribution in [0.5, 0.6) is 5.75 Å². The van der Waals surface area contributed by atoms with E-state index in [0.717, 1.165) is 0 Å². The molecule has 0 bridgehead atoms. The van der Waals surface area contributed by atoms with Crippen molar-refractivity contribution in [1.82, 2.24) is 4.90 Å². The molecule has 8 nitrogen and oxygen atoms in total. The normalized spacial score (nSPS) is 13.4. The number of likely N-dealkylation sites (N-methyl/N-ethyl adjacent to an activating group) is 1. The summed E-state index contributed by atoms with van der Waals surface area (Å²) in [7, 11) is 1.80. The molecule has 0 aliphatic heterocycles. The monoisotopic (exact) mass is 397 g/mol. The Kier molecular flexibility index (Phi) is 8.69. The highest BCUT2D eigenvalue weighted by atomic mass is 16.8. The van der Waals surface area contributed by atoms with Gasteiger partial charge in [0.1, 0.15) is 24.0 Å². The van der Waals surface area contributed by atoms with E-state index in [2.05, 4.69) is 0 Å². The van der Waals surface area contributed by atoms with E-state index in [1.54, 1.807) is 19.2 Å². The minimum atomic E-state index is -0.594. The molecule has 0 unspecified atom stereocenters. The highest BCUT2D eigenvalue weighted by molar-refractivity contribution is 5.76. The van der Waals surface area contributed by atoms with E-state index in [4.69, 9.17) is 19.4 Å². The van der Waals surface area contributed by atoms with E-state index in [-0.39, 0.29) is 35.7 Å². The van der Waals surface area contributed by atoms with Crippen molar-refractivity contribution in [1.29, 1.82) is 0 Å². The second-order valence-corrected chi connectivity index (χ2v) is 8.57. The fraction of sp³-hybridized carbons (Fsp3) is 0.650. The maximum atomic E-state index is 12.6. The lowest BCUT2D eigenvalue weighted by Crippen LogP contribution is -2.47. The van der Waals surface area contributed by atoms with Gasteiger partial charge in [-0.2, -0.15) is 0 Å². The van der Waals surface area contributed by atoms with E-state index in [1.807, 2.05) is 46.4 Å². The third-order valence-corrected chi connectivity index (χ3v) is 3.64. The summed E-state index contributed by atoms with van der Waals surface area (Å²) in [5.74, 6) is 0.0871. The second-order valence-electron chi connectivity index (χ2n) is 8.57. The lowest BCUT2D eigenvalue weighted by atomic mass is 10.1. The van der Waals surface area contributed by atoms with Gasteiger partial charge in [0, 0.05) is 12.6 Å². The highest BCUT2D eigenvalue weighted by Gasteiger charge is 2.30. The smallest absolute Gasteiger partial charge is 0.326 e. The molecule has 0 radical (unpaired) electrons. The Balaban J connectivity index is 2.70. The van der Waals surface area contributed by atoms with Crippen molar-refractivity contribution >= 4 is 11.7 Å². The van der Waals surface area contributed by atoms with E-state index in [0.29, 0.717) is 12.3 Å². The van der Waals surface area contributed by atoms with Gasteiger partial charge in [-0.25, -0.2) is 0 Å². The molecule has 1 rings (SSSR count). The maximum Gasteiger partial charge on any atom is 0.326 e. The molecular formula is C20H33N2O6-. The van der Waals surface area contributed by atoms with Gasteiger partial charge >= 0.3 is 5.97 Å². The lowest BCUT2D eigenvalue weighted by Gasteiger charge is -2.31. The molecule has 1 N–H and O–H groups in total. The van der Waals surface area contributed by atoms with Gasteiger partial charge in [0.15, 0.2) is 0 Å². The van der Waals surface area contributed by atoms with Crippen molar-refractivity contribution in [2.75, 3.05) is 32.0 Å². The van der Waals surface area contributed by atoms with Gasteiger partial charge in [-0.3, -0.25) is 14.9 Å². The summed E-state index contributed by atoms with van der Waals surface area (Å²) in [6, 6.07) is 5.61. The van der Waals surface area contributed by atoms with Crippen LogP contribution in [0.1, 0.15) is 41.5 Å². The van der Waals surface area contributed by atoms with Crippen molar-refractivity contribution in [2.45, 2.75) is 58.8 Å². The van der Waals surface area contributed by atoms with Crippen LogP contribution in [0.15, 0.2) is 24.3 Å². The van der Waals surface area contributed by atoms with Crippen LogP contribution in [0.2, 0.25) is 0 Å². The van der Waals surface area contributed by atoms with Gasteiger partial charge in [0.2, 0.25) is 0 Å². The van der Waals surface area contributed by atoms with Crippen LogP contribution in [0.3, 0.4) is 0 Å². The Morgan fingerprint density at radius 2 is 1.82 bits per heavy atom. The van der Waals surface area contributed by atoms with E-state index >= 15 is 0 Å². The van der Waals surface area contributed by atoms with Crippen molar-refractivity contribution < 1.29 is 24.2 Å². The molecule has 1 aromatic carbocycles. The fourth-order valence-electron chi connectivity index (χ4n) is 2.23. The molecule has 28 heavy (non-hydrogen) atoms. The standard InChI is InChI=1S/C20H33N2O6/c1-19(2,3)27-14-17(18(23)28-20(4,5)6)21(7)11-12-26-16-10-8-9-15(13-16)22(24)25/h8-10,13,17,24H,11-12,14H2,1-7H3/q-1/t17-/m0/s1. The largest absolute Gasteiger partial charge is 0.733 e. The zero-order valence-electron chi connectivity index (χ0n) is 17.9. The third-order valence-electron chi connectivity index (χ3n) is 3.64. The maximum absolute atomic E-state index is 12.6. The number of carbonyl (C=O) groups is 1. The molecule has 0 heterocycles. The van der Waals surface area contributed by atoms with Crippen LogP contribution in [0, 0.1) is 5.21 Å². The Hall–Kier alpha value is -1.87. The van der Waals surface area contributed by atoms with Crippen molar-refractivity contribution in [3.63, 3.8) is 0 Å². The summed E-state index contributed by atoms with van der Waals surface area (Å²) >= 11 is 0. The van der Waals surface area contributed by atoms with Crippen molar-refractivity contribution in [2.24, 2.45) is 0 Å². The molecule has 160 valence electrons. The second kappa shape index (κ2) is 10.1.